The lowest BCUT2D eigenvalue weighted by Crippen LogP contribution is -2.30. The minimum absolute atomic E-state index is 0.173. The number of aryl methyl sites for hydroxylation is 1. The first-order chi connectivity index (χ1) is 10.8. The number of hydrogen-bond acceptors (Lipinski definition) is 2. The van der Waals surface area contributed by atoms with Crippen LogP contribution in [-0.2, 0) is 6.54 Å². The molecule has 3 atom stereocenters. The zero-order chi connectivity index (χ0) is 14.7. The van der Waals surface area contributed by atoms with Gasteiger partial charge in [0.25, 0.3) is 0 Å². The van der Waals surface area contributed by atoms with E-state index < -0.39 is 6.10 Å². The molecular weight excluding hydrogens is 274 g/mol. The zero-order valence-corrected chi connectivity index (χ0v) is 12.1. The maximum Gasteiger partial charge on any atom is 0.0991 e. The topological polar surface area (TPSA) is 43.0 Å². The largest absolute Gasteiger partial charge is 0.386 e. The number of imidazole rings is 1. The molecule has 0 aliphatic carbocycles. The molecule has 0 saturated carbocycles. The van der Waals surface area contributed by atoms with E-state index in [2.05, 4.69) is 44.6 Å². The summed E-state index contributed by atoms with van der Waals surface area (Å²) in [7, 11) is 0. The van der Waals surface area contributed by atoms with E-state index >= 15 is 0 Å². The Hall–Kier alpha value is -2.33. The SMILES string of the molecule is O[C@H]1c2cccn2CC[C@@H]1[C@H]1c2ccccc2-c2cncn21. The number of rotatable bonds is 1. The summed E-state index contributed by atoms with van der Waals surface area (Å²) >= 11 is 0. The number of hydrogen-bond donors (Lipinski definition) is 1. The van der Waals surface area contributed by atoms with Crippen LogP contribution in [0.15, 0.2) is 55.1 Å². The normalized spacial score (nSPS) is 25.6. The van der Waals surface area contributed by atoms with E-state index in [0.717, 1.165) is 24.4 Å². The molecule has 22 heavy (non-hydrogen) atoms. The van der Waals surface area contributed by atoms with Crippen molar-refractivity contribution in [2.75, 3.05) is 0 Å². The fraction of sp³-hybridized carbons (Fsp3) is 0.278. The van der Waals surface area contributed by atoms with E-state index in [0.29, 0.717) is 0 Å². The lowest BCUT2D eigenvalue weighted by atomic mass is 9.83. The molecule has 0 spiro atoms. The Bertz CT molecular complexity index is 847. The van der Waals surface area contributed by atoms with E-state index in [4.69, 9.17) is 0 Å². The first-order valence-electron chi connectivity index (χ1n) is 7.79. The van der Waals surface area contributed by atoms with Gasteiger partial charge in [-0.05, 0) is 24.1 Å². The van der Waals surface area contributed by atoms with Crippen LogP contribution in [0.3, 0.4) is 0 Å². The Balaban J connectivity index is 1.65. The number of aliphatic hydroxyl groups is 1. The molecule has 0 radical (unpaired) electrons. The summed E-state index contributed by atoms with van der Waals surface area (Å²) in [5.74, 6) is 0.180. The highest BCUT2D eigenvalue weighted by Gasteiger charge is 2.40. The maximum atomic E-state index is 10.9. The minimum atomic E-state index is -0.435. The molecule has 0 saturated heterocycles. The lowest BCUT2D eigenvalue weighted by Gasteiger charge is -2.35. The third-order valence-corrected chi connectivity index (χ3v) is 5.20. The molecule has 4 heteroatoms. The van der Waals surface area contributed by atoms with Crippen LogP contribution in [0.2, 0.25) is 0 Å². The standard InChI is InChI=1S/C18H17N3O/c22-18-14(7-9-20-8-3-6-15(18)20)17-13-5-2-1-4-12(13)16-10-19-11-21(16)17/h1-6,8,10-11,14,17-18,22H,7,9H2/t14-,17-,18-/m1/s1. The fourth-order valence-electron chi connectivity index (χ4n) is 4.21. The Morgan fingerprint density at radius 3 is 3.00 bits per heavy atom. The molecule has 2 aliphatic heterocycles. The quantitative estimate of drug-likeness (QED) is 0.749. The minimum Gasteiger partial charge on any atom is -0.386 e. The summed E-state index contributed by atoms with van der Waals surface area (Å²) < 4.78 is 4.40. The summed E-state index contributed by atoms with van der Waals surface area (Å²) in [6.07, 6.45) is 6.42. The molecule has 1 aromatic carbocycles. The summed E-state index contributed by atoms with van der Waals surface area (Å²) in [4.78, 5) is 4.32. The molecule has 5 rings (SSSR count). The lowest BCUT2D eigenvalue weighted by molar-refractivity contribution is 0.0556. The first-order valence-corrected chi connectivity index (χ1v) is 7.79. The second-order valence-electron chi connectivity index (χ2n) is 6.24. The van der Waals surface area contributed by atoms with E-state index in [1.807, 2.05) is 24.7 Å². The molecule has 0 amide bonds. The number of benzene rings is 1. The molecule has 3 aromatic rings. The van der Waals surface area contributed by atoms with E-state index in [1.54, 1.807) is 0 Å². The van der Waals surface area contributed by atoms with Crippen molar-refractivity contribution in [3.63, 3.8) is 0 Å². The summed E-state index contributed by atoms with van der Waals surface area (Å²) in [6, 6.07) is 12.7. The highest BCUT2D eigenvalue weighted by molar-refractivity contribution is 5.69. The molecule has 4 nitrogen and oxygen atoms in total. The number of aliphatic hydroxyl groups excluding tert-OH is 1. The number of aromatic nitrogens is 3. The summed E-state index contributed by atoms with van der Waals surface area (Å²) in [5.41, 5.74) is 4.75. The average molecular weight is 291 g/mol. The highest BCUT2D eigenvalue weighted by atomic mass is 16.3. The summed E-state index contributed by atoms with van der Waals surface area (Å²) in [6.45, 7) is 0.965. The molecule has 4 heterocycles. The maximum absolute atomic E-state index is 10.9. The Kier molecular flexibility index (Phi) is 2.41. The van der Waals surface area contributed by atoms with Gasteiger partial charge < -0.3 is 14.2 Å². The van der Waals surface area contributed by atoms with Crippen molar-refractivity contribution in [3.05, 3.63) is 66.4 Å². The predicted octanol–water partition coefficient (Wildman–Crippen LogP) is 3.01. The molecule has 2 aromatic heterocycles. The van der Waals surface area contributed by atoms with Crippen LogP contribution < -0.4 is 0 Å². The fourth-order valence-corrected chi connectivity index (χ4v) is 4.21. The van der Waals surface area contributed by atoms with Crippen molar-refractivity contribution in [2.24, 2.45) is 5.92 Å². The van der Waals surface area contributed by atoms with E-state index in [-0.39, 0.29) is 12.0 Å². The molecule has 0 fully saturated rings. The van der Waals surface area contributed by atoms with Crippen LogP contribution >= 0.6 is 0 Å². The molecule has 110 valence electrons. The molecular formula is C18H17N3O. The van der Waals surface area contributed by atoms with Crippen LogP contribution in [0.5, 0.6) is 0 Å². The van der Waals surface area contributed by atoms with Gasteiger partial charge >= 0.3 is 0 Å². The average Bonchev–Trinajstić information content (AvgIpc) is 3.23. The zero-order valence-electron chi connectivity index (χ0n) is 12.1. The Morgan fingerprint density at radius 2 is 2.05 bits per heavy atom. The van der Waals surface area contributed by atoms with Gasteiger partial charge in [-0.1, -0.05) is 24.3 Å². The van der Waals surface area contributed by atoms with Gasteiger partial charge in [-0.15, -0.1) is 0 Å². The summed E-state index contributed by atoms with van der Waals surface area (Å²) in [5, 5.41) is 10.9. The highest BCUT2D eigenvalue weighted by Crippen LogP contribution is 2.48. The van der Waals surface area contributed by atoms with Gasteiger partial charge in [0, 0.05) is 29.9 Å². The predicted molar refractivity (Wildman–Crippen MR) is 83.3 cm³/mol. The monoisotopic (exact) mass is 291 g/mol. The van der Waals surface area contributed by atoms with Crippen molar-refractivity contribution in [3.8, 4) is 11.3 Å². The van der Waals surface area contributed by atoms with Crippen LogP contribution in [0.4, 0.5) is 0 Å². The molecule has 0 bridgehead atoms. The third kappa shape index (κ3) is 1.48. The van der Waals surface area contributed by atoms with Crippen LogP contribution in [0.25, 0.3) is 11.3 Å². The van der Waals surface area contributed by atoms with Gasteiger partial charge in [-0.25, -0.2) is 4.98 Å². The third-order valence-electron chi connectivity index (χ3n) is 5.20. The smallest absolute Gasteiger partial charge is 0.0991 e. The van der Waals surface area contributed by atoms with Crippen molar-refractivity contribution >= 4 is 0 Å². The molecule has 0 unspecified atom stereocenters. The van der Waals surface area contributed by atoms with Crippen molar-refractivity contribution < 1.29 is 5.11 Å². The van der Waals surface area contributed by atoms with Gasteiger partial charge in [-0.3, -0.25) is 0 Å². The molecule has 1 N–H and O–H groups in total. The van der Waals surface area contributed by atoms with E-state index in [1.165, 1.54) is 11.1 Å². The second-order valence-corrected chi connectivity index (χ2v) is 6.24. The van der Waals surface area contributed by atoms with Gasteiger partial charge in [0.15, 0.2) is 0 Å². The van der Waals surface area contributed by atoms with Gasteiger partial charge in [0.2, 0.25) is 0 Å². The Morgan fingerprint density at radius 1 is 1.14 bits per heavy atom. The van der Waals surface area contributed by atoms with Crippen molar-refractivity contribution in [1.29, 1.82) is 0 Å². The Labute approximate surface area is 128 Å². The van der Waals surface area contributed by atoms with Gasteiger partial charge in [0.05, 0.1) is 30.4 Å². The van der Waals surface area contributed by atoms with Crippen LogP contribution in [-0.4, -0.2) is 19.2 Å². The first kappa shape index (κ1) is 12.2. The van der Waals surface area contributed by atoms with Crippen molar-refractivity contribution in [2.45, 2.75) is 25.1 Å². The van der Waals surface area contributed by atoms with Crippen molar-refractivity contribution in [1.82, 2.24) is 14.1 Å². The molecule has 2 aliphatic rings. The van der Waals surface area contributed by atoms with Crippen LogP contribution in [0.1, 0.15) is 29.8 Å². The number of nitrogens with zero attached hydrogens (tertiary/aromatic N) is 3. The number of fused-ring (bicyclic) bond motifs is 4. The second kappa shape index (κ2) is 4.34. The van der Waals surface area contributed by atoms with Gasteiger partial charge in [0.1, 0.15) is 0 Å². The van der Waals surface area contributed by atoms with Crippen LogP contribution in [0, 0.1) is 5.92 Å². The van der Waals surface area contributed by atoms with Gasteiger partial charge in [-0.2, -0.15) is 0 Å². The van der Waals surface area contributed by atoms with E-state index in [9.17, 15) is 5.11 Å².